The fourth-order valence-electron chi connectivity index (χ4n) is 2.63. The van der Waals surface area contributed by atoms with Gasteiger partial charge in [-0.1, -0.05) is 12.1 Å². The van der Waals surface area contributed by atoms with Crippen LogP contribution in [-0.4, -0.2) is 48.3 Å². The molecule has 1 aromatic carbocycles. The number of benzene rings is 1. The average molecular weight is 346 g/mol. The van der Waals surface area contributed by atoms with E-state index in [1.54, 1.807) is 24.7 Å². The normalized spacial score (nSPS) is 13.2. The lowest BCUT2D eigenvalue weighted by Crippen LogP contribution is -2.41. The summed E-state index contributed by atoms with van der Waals surface area (Å²) in [4.78, 5) is 6.39. The Kier molecular flexibility index (Phi) is 6.52. The van der Waals surface area contributed by atoms with E-state index in [0.29, 0.717) is 24.6 Å². The Balaban J connectivity index is 1.93. The SMILES string of the molecule is CN=C(NCc1ccc(F)c(C)c1)NCC(c1cnn(C)c1)N(C)C. The first-order chi connectivity index (χ1) is 11.9. The molecule has 2 N–H and O–H groups in total. The maximum atomic E-state index is 13.3. The van der Waals surface area contributed by atoms with Crippen molar-refractivity contribution in [2.24, 2.45) is 12.0 Å². The first kappa shape index (κ1) is 18.9. The largest absolute Gasteiger partial charge is 0.354 e. The van der Waals surface area contributed by atoms with Gasteiger partial charge in [-0.15, -0.1) is 0 Å². The Morgan fingerprint density at radius 3 is 2.68 bits per heavy atom. The van der Waals surface area contributed by atoms with E-state index in [-0.39, 0.29) is 11.9 Å². The molecular formula is C18H27FN6. The Labute approximate surface area is 148 Å². The molecule has 2 rings (SSSR count). The molecule has 0 saturated heterocycles. The summed E-state index contributed by atoms with van der Waals surface area (Å²) >= 11 is 0. The third-order valence-electron chi connectivity index (χ3n) is 4.10. The minimum absolute atomic E-state index is 0.181. The van der Waals surface area contributed by atoms with Crippen molar-refractivity contribution >= 4 is 5.96 Å². The molecule has 0 saturated carbocycles. The first-order valence-electron chi connectivity index (χ1n) is 8.25. The van der Waals surface area contributed by atoms with Crippen LogP contribution >= 0.6 is 0 Å². The molecule has 0 fully saturated rings. The summed E-state index contributed by atoms with van der Waals surface area (Å²) in [5.74, 6) is 0.522. The number of hydrogen-bond donors (Lipinski definition) is 2. The molecule has 0 radical (unpaired) electrons. The monoisotopic (exact) mass is 346 g/mol. The molecule has 2 aromatic rings. The van der Waals surface area contributed by atoms with E-state index in [4.69, 9.17) is 0 Å². The maximum Gasteiger partial charge on any atom is 0.191 e. The lowest BCUT2D eigenvalue weighted by Gasteiger charge is -2.24. The minimum atomic E-state index is -0.184. The fraction of sp³-hybridized carbons (Fsp3) is 0.444. The van der Waals surface area contributed by atoms with Gasteiger partial charge in [-0.25, -0.2) is 4.39 Å². The van der Waals surface area contributed by atoms with Crippen molar-refractivity contribution in [3.05, 3.63) is 53.1 Å². The topological polar surface area (TPSA) is 57.5 Å². The van der Waals surface area contributed by atoms with Crippen LogP contribution in [0, 0.1) is 12.7 Å². The number of rotatable bonds is 6. The Morgan fingerprint density at radius 1 is 1.36 bits per heavy atom. The second kappa shape index (κ2) is 8.62. The van der Waals surface area contributed by atoms with Gasteiger partial charge in [0.15, 0.2) is 5.96 Å². The highest BCUT2D eigenvalue weighted by atomic mass is 19.1. The molecule has 6 nitrogen and oxygen atoms in total. The van der Waals surface area contributed by atoms with Gasteiger partial charge in [0.2, 0.25) is 0 Å². The minimum Gasteiger partial charge on any atom is -0.354 e. The second-order valence-electron chi connectivity index (χ2n) is 6.32. The van der Waals surface area contributed by atoms with Crippen molar-refractivity contribution in [3.8, 4) is 0 Å². The number of aliphatic imine (C=N–C) groups is 1. The lowest BCUT2D eigenvalue weighted by atomic mass is 10.1. The third kappa shape index (κ3) is 5.29. The smallest absolute Gasteiger partial charge is 0.191 e. The quantitative estimate of drug-likeness (QED) is 0.619. The van der Waals surface area contributed by atoms with Crippen LogP contribution in [0.1, 0.15) is 22.7 Å². The number of nitrogens with zero attached hydrogens (tertiary/aromatic N) is 4. The molecule has 0 spiro atoms. The van der Waals surface area contributed by atoms with Crippen LogP contribution in [0.3, 0.4) is 0 Å². The zero-order valence-electron chi connectivity index (χ0n) is 15.5. The zero-order valence-corrected chi connectivity index (χ0v) is 15.5. The van der Waals surface area contributed by atoms with Crippen molar-refractivity contribution in [2.75, 3.05) is 27.7 Å². The second-order valence-corrected chi connectivity index (χ2v) is 6.32. The van der Waals surface area contributed by atoms with Gasteiger partial charge >= 0.3 is 0 Å². The number of halogens is 1. The van der Waals surface area contributed by atoms with Crippen molar-refractivity contribution in [2.45, 2.75) is 19.5 Å². The van der Waals surface area contributed by atoms with Crippen LogP contribution in [-0.2, 0) is 13.6 Å². The van der Waals surface area contributed by atoms with Crippen LogP contribution in [0.5, 0.6) is 0 Å². The molecule has 0 aliphatic rings. The van der Waals surface area contributed by atoms with Crippen LogP contribution in [0.15, 0.2) is 35.6 Å². The molecule has 0 bridgehead atoms. The van der Waals surface area contributed by atoms with Gasteiger partial charge in [-0.05, 0) is 38.2 Å². The number of hydrogen-bond acceptors (Lipinski definition) is 3. The highest BCUT2D eigenvalue weighted by Crippen LogP contribution is 2.16. The molecule has 136 valence electrons. The van der Waals surface area contributed by atoms with E-state index in [1.165, 1.54) is 6.07 Å². The zero-order chi connectivity index (χ0) is 18.4. The molecule has 1 aromatic heterocycles. The molecule has 0 aliphatic carbocycles. The number of nitrogens with one attached hydrogen (secondary N) is 2. The fourth-order valence-corrected chi connectivity index (χ4v) is 2.63. The van der Waals surface area contributed by atoms with Gasteiger partial charge in [0.25, 0.3) is 0 Å². The molecule has 1 unspecified atom stereocenters. The molecule has 25 heavy (non-hydrogen) atoms. The van der Waals surface area contributed by atoms with Crippen molar-refractivity contribution in [1.82, 2.24) is 25.3 Å². The van der Waals surface area contributed by atoms with Crippen LogP contribution < -0.4 is 10.6 Å². The lowest BCUT2D eigenvalue weighted by molar-refractivity contribution is 0.298. The van der Waals surface area contributed by atoms with Crippen LogP contribution in [0.2, 0.25) is 0 Å². The molecular weight excluding hydrogens is 319 g/mol. The van der Waals surface area contributed by atoms with Crippen molar-refractivity contribution in [1.29, 1.82) is 0 Å². The Morgan fingerprint density at radius 2 is 2.12 bits per heavy atom. The molecule has 0 aliphatic heterocycles. The molecule has 7 heteroatoms. The van der Waals surface area contributed by atoms with Gasteiger partial charge in [0, 0.05) is 38.9 Å². The van der Waals surface area contributed by atoms with E-state index in [9.17, 15) is 4.39 Å². The van der Waals surface area contributed by atoms with E-state index < -0.39 is 0 Å². The van der Waals surface area contributed by atoms with Crippen LogP contribution in [0.4, 0.5) is 4.39 Å². The Hall–Kier alpha value is -2.41. The summed E-state index contributed by atoms with van der Waals surface area (Å²) in [6.07, 6.45) is 3.90. The standard InChI is InChI=1S/C18H27FN6/c1-13-8-14(6-7-16(13)19)9-21-18(20-2)22-11-17(24(3)4)15-10-23-25(5)12-15/h6-8,10,12,17H,9,11H2,1-5H3,(H2,20,21,22). The van der Waals surface area contributed by atoms with E-state index >= 15 is 0 Å². The van der Waals surface area contributed by atoms with E-state index in [2.05, 4.69) is 25.6 Å². The maximum absolute atomic E-state index is 13.3. The summed E-state index contributed by atoms with van der Waals surface area (Å²) in [7, 11) is 7.72. The third-order valence-corrected chi connectivity index (χ3v) is 4.10. The van der Waals surface area contributed by atoms with Crippen molar-refractivity contribution in [3.63, 3.8) is 0 Å². The highest BCUT2D eigenvalue weighted by Gasteiger charge is 2.16. The summed E-state index contributed by atoms with van der Waals surface area (Å²) < 4.78 is 15.1. The van der Waals surface area contributed by atoms with Gasteiger partial charge in [0.1, 0.15) is 5.82 Å². The molecule has 1 heterocycles. The number of guanidine groups is 1. The Bertz CT molecular complexity index is 722. The molecule has 0 amide bonds. The highest BCUT2D eigenvalue weighted by molar-refractivity contribution is 5.79. The molecule has 1 atom stereocenters. The predicted octanol–water partition coefficient (Wildman–Crippen LogP) is 1.84. The van der Waals surface area contributed by atoms with Crippen molar-refractivity contribution < 1.29 is 4.39 Å². The average Bonchev–Trinajstić information content (AvgIpc) is 2.99. The van der Waals surface area contributed by atoms with E-state index in [0.717, 1.165) is 11.1 Å². The summed E-state index contributed by atoms with van der Waals surface area (Å²) in [5.41, 5.74) is 2.80. The van der Waals surface area contributed by atoms with E-state index in [1.807, 2.05) is 39.6 Å². The van der Waals surface area contributed by atoms with Gasteiger partial charge in [0.05, 0.1) is 12.2 Å². The summed E-state index contributed by atoms with van der Waals surface area (Å²) in [6, 6.07) is 5.29. The number of aryl methyl sites for hydroxylation is 2. The summed E-state index contributed by atoms with van der Waals surface area (Å²) in [6.45, 7) is 3.04. The number of likely N-dealkylation sites (N-methyl/N-ethyl adjacent to an activating group) is 1. The first-order valence-corrected chi connectivity index (χ1v) is 8.25. The van der Waals surface area contributed by atoms with Gasteiger partial charge < -0.3 is 15.5 Å². The predicted molar refractivity (Wildman–Crippen MR) is 99.0 cm³/mol. The van der Waals surface area contributed by atoms with Crippen LogP contribution in [0.25, 0.3) is 0 Å². The van der Waals surface area contributed by atoms with Gasteiger partial charge in [-0.3, -0.25) is 9.67 Å². The summed E-state index contributed by atoms with van der Waals surface area (Å²) in [5, 5.41) is 10.8. The number of aromatic nitrogens is 2. The van der Waals surface area contributed by atoms with Gasteiger partial charge in [-0.2, -0.15) is 5.10 Å².